The van der Waals surface area contributed by atoms with E-state index in [0.29, 0.717) is 40.9 Å². The Kier molecular flexibility index (Phi) is 6.55. The highest BCUT2D eigenvalue weighted by Gasteiger charge is 2.14. The van der Waals surface area contributed by atoms with Crippen LogP contribution in [0.15, 0.2) is 60.8 Å². The fraction of sp³-hybridized carbons (Fsp3) is 0.240. The topological polar surface area (TPSA) is 89.6 Å². The molecular formula is C25H26N4O4. The minimum atomic E-state index is -0.156. The SMILES string of the molecule is COC[C@H](C)Oc1cc(Oc2cccc(C(=O)N(C)C)c2)cc(-c2nc3cccnc3[nH]2)c1. The van der Waals surface area contributed by atoms with E-state index in [0.717, 1.165) is 11.1 Å². The third kappa shape index (κ3) is 5.30. The van der Waals surface area contributed by atoms with Crippen molar-refractivity contribution < 1.29 is 19.0 Å². The number of methoxy groups -OCH3 is 1. The zero-order chi connectivity index (χ0) is 23.4. The van der Waals surface area contributed by atoms with Crippen LogP contribution in [0.4, 0.5) is 0 Å². The number of pyridine rings is 1. The lowest BCUT2D eigenvalue weighted by molar-refractivity contribution is 0.0827. The molecule has 8 nitrogen and oxygen atoms in total. The highest BCUT2D eigenvalue weighted by Crippen LogP contribution is 2.33. The van der Waals surface area contributed by atoms with Crippen molar-refractivity contribution in [2.24, 2.45) is 0 Å². The molecule has 0 radical (unpaired) electrons. The van der Waals surface area contributed by atoms with Gasteiger partial charge >= 0.3 is 0 Å². The molecule has 170 valence electrons. The highest BCUT2D eigenvalue weighted by atomic mass is 16.5. The normalized spacial score (nSPS) is 11.9. The number of H-pyrrole nitrogens is 1. The summed E-state index contributed by atoms with van der Waals surface area (Å²) in [4.78, 5) is 26.1. The predicted octanol–water partition coefficient (Wildman–Crippen LogP) is 4.53. The van der Waals surface area contributed by atoms with Gasteiger partial charge in [0.2, 0.25) is 0 Å². The van der Waals surface area contributed by atoms with Crippen molar-refractivity contribution >= 4 is 17.1 Å². The molecule has 4 aromatic rings. The van der Waals surface area contributed by atoms with Gasteiger partial charge < -0.3 is 24.1 Å². The lowest BCUT2D eigenvalue weighted by Gasteiger charge is -2.16. The minimum absolute atomic E-state index is 0.0959. The molecule has 0 bridgehead atoms. The third-order valence-corrected chi connectivity index (χ3v) is 4.87. The molecule has 0 spiro atoms. The van der Waals surface area contributed by atoms with E-state index in [9.17, 15) is 4.79 Å². The van der Waals surface area contributed by atoms with Gasteiger partial charge in [0.25, 0.3) is 5.91 Å². The Morgan fingerprint density at radius 2 is 1.88 bits per heavy atom. The van der Waals surface area contributed by atoms with Crippen molar-refractivity contribution in [3.05, 3.63) is 66.4 Å². The zero-order valence-electron chi connectivity index (χ0n) is 19.0. The lowest BCUT2D eigenvalue weighted by Crippen LogP contribution is -2.21. The smallest absolute Gasteiger partial charge is 0.253 e. The Balaban J connectivity index is 1.70. The average molecular weight is 447 g/mol. The van der Waals surface area contributed by atoms with Crippen molar-refractivity contribution in [1.82, 2.24) is 19.9 Å². The number of hydrogen-bond acceptors (Lipinski definition) is 6. The molecule has 33 heavy (non-hydrogen) atoms. The Morgan fingerprint density at radius 3 is 2.64 bits per heavy atom. The first-order valence-corrected chi connectivity index (χ1v) is 10.5. The number of carbonyl (C=O) groups excluding carboxylic acids is 1. The van der Waals surface area contributed by atoms with Crippen molar-refractivity contribution in [2.75, 3.05) is 27.8 Å². The Morgan fingerprint density at radius 1 is 1.06 bits per heavy atom. The van der Waals surface area contributed by atoms with Crippen LogP contribution in [0, 0.1) is 0 Å². The Hall–Kier alpha value is -3.91. The molecule has 0 saturated carbocycles. The van der Waals surface area contributed by atoms with Gasteiger partial charge in [-0.3, -0.25) is 4.79 Å². The summed E-state index contributed by atoms with van der Waals surface area (Å²) >= 11 is 0. The third-order valence-electron chi connectivity index (χ3n) is 4.87. The van der Waals surface area contributed by atoms with E-state index >= 15 is 0 Å². The van der Waals surface area contributed by atoms with Crippen molar-refractivity contribution in [2.45, 2.75) is 13.0 Å². The molecule has 0 aliphatic heterocycles. The molecule has 2 heterocycles. The number of aromatic amines is 1. The summed E-state index contributed by atoms with van der Waals surface area (Å²) in [5, 5.41) is 0. The van der Waals surface area contributed by atoms with E-state index in [-0.39, 0.29) is 12.0 Å². The number of amides is 1. The van der Waals surface area contributed by atoms with E-state index in [2.05, 4.69) is 15.0 Å². The van der Waals surface area contributed by atoms with Crippen LogP contribution < -0.4 is 9.47 Å². The summed E-state index contributed by atoms with van der Waals surface area (Å²) in [6.45, 7) is 2.38. The van der Waals surface area contributed by atoms with E-state index in [4.69, 9.17) is 14.2 Å². The van der Waals surface area contributed by atoms with Gasteiger partial charge in [0.05, 0.1) is 6.61 Å². The Bertz CT molecular complexity index is 1240. The Labute approximate surface area is 192 Å². The fourth-order valence-electron chi connectivity index (χ4n) is 3.40. The fourth-order valence-corrected chi connectivity index (χ4v) is 3.40. The standard InChI is InChI=1S/C25H26N4O4/c1-16(15-31-4)32-20-12-18(23-27-22-9-6-10-26-24(22)28-23)13-21(14-20)33-19-8-5-7-17(11-19)25(30)29(2)3/h5-14,16H,15H2,1-4H3,(H,26,27,28)/t16-/m0/s1. The number of hydrogen-bond donors (Lipinski definition) is 1. The number of benzene rings is 2. The number of carbonyl (C=O) groups is 1. The summed E-state index contributed by atoms with van der Waals surface area (Å²) in [5.41, 5.74) is 2.79. The van der Waals surface area contributed by atoms with Crippen LogP contribution in [-0.2, 0) is 4.74 Å². The van der Waals surface area contributed by atoms with Crippen LogP contribution in [0.2, 0.25) is 0 Å². The van der Waals surface area contributed by atoms with Gasteiger partial charge in [0.1, 0.15) is 34.7 Å². The van der Waals surface area contributed by atoms with E-state index < -0.39 is 0 Å². The molecule has 2 aromatic heterocycles. The van der Waals surface area contributed by atoms with Gasteiger partial charge in [-0.2, -0.15) is 0 Å². The zero-order valence-corrected chi connectivity index (χ0v) is 19.0. The highest BCUT2D eigenvalue weighted by molar-refractivity contribution is 5.94. The molecule has 1 N–H and O–H groups in total. The van der Waals surface area contributed by atoms with Gasteiger partial charge in [0.15, 0.2) is 5.65 Å². The number of fused-ring (bicyclic) bond motifs is 1. The molecular weight excluding hydrogens is 420 g/mol. The maximum atomic E-state index is 12.3. The quantitative estimate of drug-likeness (QED) is 0.428. The van der Waals surface area contributed by atoms with Crippen LogP contribution in [0.25, 0.3) is 22.6 Å². The number of nitrogens with one attached hydrogen (secondary N) is 1. The van der Waals surface area contributed by atoms with Crippen LogP contribution in [-0.4, -0.2) is 59.7 Å². The van der Waals surface area contributed by atoms with Crippen LogP contribution in [0.1, 0.15) is 17.3 Å². The second-order valence-electron chi connectivity index (χ2n) is 7.86. The maximum Gasteiger partial charge on any atom is 0.253 e. The molecule has 0 aliphatic carbocycles. The molecule has 0 fully saturated rings. The molecule has 0 saturated heterocycles. The number of imidazole rings is 1. The summed E-state index contributed by atoms with van der Waals surface area (Å²) in [5.74, 6) is 2.26. The first kappa shape index (κ1) is 22.3. The second-order valence-corrected chi connectivity index (χ2v) is 7.86. The van der Waals surface area contributed by atoms with Crippen molar-refractivity contribution in [3.8, 4) is 28.6 Å². The summed E-state index contributed by atoms with van der Waals surface area (Å²) in [7, 11) is 5.06. The van der Waals surface area contributed by atoms with E-state index in [1.807, 2.05) is 31.2 Å². The molecule has 8 heteroatoms. The van der Waals surface area contributed by atoms with Gasteiger partial charge in [-0.25, -0.2) is 9.97 Å². The van der Waals surface area contributed by atoms with E-state index in [1.54, 1.807) is 57.7 Å². The molecule has 4 rings (SSSR count). The van der Waals surface area contributed by atoms with Gasteiger partial charge in [-0.1, -0.05) is 6.07 Å². The average Bonchev–Trinajstić information content (AvgIpc) is 3.23. The maximum absolute atomic E-state index is 12.3. The summed E-state index contributed by atoms with van der Waals surface area (Å²) < 4.78 is 17.4. The number of nitrogens with zero attached hydrogens (tertiary/aromatic N) is 3. The van der Waals surface area contributed by atoms with Gasteiger partial charge in [0, 0.05) is 44.6 Å². The number of rotatable bonds is 8. The minimum Gasteiger partial charge on any atom is -0.488 e. The van der Waals surface area contributed by atoms with Crippen molar-refractivity contribution in [3.63, 3.8) is 0 Å². The summed E-state index contributed by atoms with van der Waals surface area (Å²) in [6, 6.07) is 16.4. The number of aromatic nitrogens is 3. The number of ether oxygens (including phenoxy) is 3. The molecule has 0 aliphatic rings. The molecule has 2 aromatic carbocycles. The van der Waals surface area contributed by atoms with Crippen LogP contribution in [0.3, 0.4) is 0 Å². The van der Waals surface area contributed by atoms with Crippen molar-refractivity contribution in [1.29, 1.82) is 0 Å². The van der Waals surface area contributed by atoms with Gasteiger partial charge in [-0.15, -0.1) is 0 Å². The first-order chi connectivity index (χ1) is 15.9. The predicted molar refractivity (Wildman–Crippen MR) is 126 cm³/mol. The largest absolute Gasteiger partial charge is 0.488 e. The van der Waals surface area contributed by atoms with Gasteiger partial charge in [-0.05, 0) is 49.4 Å². The van der Waals surface area contributed by atoms with E-state index in [1.165, 1.54) is 4.90 Å². The molecule has 1 atom stereocenters. The lowest BCUT2D eigenvalue weighted by atomic mass is 10.1. The summed E-state index contributed by atoms with van der Waals surface area (Å²) in [6.07, 6.45) is 1.56. The molecule has 1 amide bonds. The molecule has 0 unspecified atom stereocenters. The van der Waals surface area contributed by atoms with Crippen LogP contribution in [0.5, 0.6) is 17.2 Å². The second kappa shape index (κ2) is 9.70. The monoisotopic (exact) mass is 446 g/mol. The van der Waals surface area contributed by atoms with Crippen LogP contribution >= 0.6 is 0 Å². The first-order valence-electron chi connectivity index (χ1n) is 10.5.